The number of nitrogens with one attached hydrogen (secondary N) is 1. The molecule has 21 heavy (non-hydrogen) atoms. The zero-order valence-corrected chi connectivity index (χ0v) is 12.6. The summed E-state index contributed by atoms with van der Waals surface area (Å²) in [6.45, 7) is 4.97. The molecule has 0 bridgehead atoms. The number of piperidine rings is 1. The number of anilines is 1. The normalized spacial score (nSPS) is 18.4. The summed E-state index contributed by atoms with van der Waals surface area (Å²) in [5.74, 6) is -1.05. The van der Waals surface area contributed by atoms with Gasteiger partial charge in [0.05, 0.1) is 0 Å². The molecule has 1 aromatic carbocycles. The van der Waals surface area contributed by atoms with Crippen LogP contribution in [0.5, 0.6) is 0 Å². The number of aryl methyl sites for hydroxylation is 2. The molecule has 1 unspecified atom stereocenters. The molecule has 2 amide bonds. The molecule has 2 N–H and O–H groups in total. The Morgan fingerprint density at radius 2 is 2.14 bits per heavy atom. The molecule has 114 valence electrons. The van der Waals surface area contributed by atoms with E-state index in [1.165, 1.54) is 4.90 Å². The Labute approximate surface area is 125 Å². The van der Waals surface area contributed by atoms with E-state index in [9.17, 15) is 14.7 Å². The van der Waals surface area contributed by atoms with E-state index in [4.69, 9.17) is 0 Å². The van der Waals surface area contributed by atoms with Gasteiger partial charge in [0.25, 0.3) is 0 Å². The van der Waals surface area contributed by atoms with Gasteiger partial charge in [0.15, 0.2) is 0 Å². The molecule has 1 heterocycles. The first-order valence-electron chi connectivity index (χ1n) is 7.29. The summed E-state index contributed by atoms with van der Waals surface area (Å²) >= 11 is 0. The number of rotatable bonds is 2. The Morgan fingerprint density at radius 1 is 1.38 bits per heavy atom. The van der Waals surface area contributed by atoms with E-state index in [0.717, 1.165) is 24.0 Å². The van der Waals surface area contributed by atoms with Gasteiger partial charge in [-0.2, -0.15) is 0 Å². The van der Waals surface area contributed by atoms with E-state index in [-0.39, 0.29) is 12.5 Å². The number of hydrogen-bond acceptors (Lipinski definition) is 3. The van der Waals surface area contributed by atoms with Crippen molar-refractivity contribution in [2.75, 3.05) is 25.0 Å². The number of carbonyl (C=O) groups excluding carboxylic acids is 2. The maximum atomic E-state index is 12.2. The Hall–Kier alpha value is -1.88. The van der Waals surface area contributed by atoms with Crippen LogP contribution >= 0.6 is 0 Å². The molecule has 0 aliphatic carbocycles. The van der Waals surface area contributed by atoms with Crippen molar-refractivity contribution in [3.8, 4) is 0 Å². The van der Waals surface area contributed by atoms with Crippen molar-refractivity contribution in [3.63, 3.8) is 0 Å². The van der Waals surface area contributed by atoms with Crippen molar-refractivity contribution < 1.29 is 14.7 Å². The fourth-order valence-electron chi connectivity index (χ4n) is 2.67. The third-order valence-electron chi connectivity index (χ3n) is 3.89. The second kappa shape index (κ2) is 6.72. The molecule has 1 fully saturated rings. The van der Waals surface area contributed by atoms with Crippen molar-refractivity contribution in [1.29, 1.82) is 0 Å². The van der Waals surface area contributed by atoms with E-state index < -0.39 is 11.8 Å². The van der Waals surface area contributed by atoms with Crippen molar-refractivity contribution in [1.82, 2.24) is 4.90 Å². The number of aliphatic hydroxyl groups excluding tert-OH is 1. The highest BCUT2D eigenvalue weighted by Gasteiger charge is 2.27. The average Bonchev–Trinajstić information content (AvgIpc) is 2.49. The highest BCUT2D eigenvalue weighted by molar-refractivity contribution is 6.39. The maximum absolute atomic E-state index is 12.2. The van der Waals surface area contributed by atoms with Gasteiger partial charge in [0, 0.05) is 25.4 Å². The molecule has 1 saturated heterocycles. The Kier molecular flexibility index (Phi) is 4.96. The van der Waals surface area contributed by atoms with Crippen LogP contribution in [0.15, 0.2) is 18.2 Å². The first-order chi connectivity index (χ1) is 10.0. The van der Waals surface area contributed by atoms with Crippen LogP contribution in [0.3, 0.4) is 0 Å². The number of carbonyl (C=O) groups is 2. The third-order valence-corrected chi connectivity index (χ3v) is 3.89. The molecule has 1 aliphatic heterocycles. The molecule has 1 atom stereocenters. The Morgan fingerprint density at radius 3 is 2.81 bits per heavy atom. The topological polar surface area (TPSA) is 69.6 Å². The summed E-state index contributed by atoms with van der Waals surface area (Å²) < 4.78 is 0. The van der Waals surface area contributed by atoms with E-state index >= 15 is 0 Å². The van der Waals surface area contributed by atoms with Crippen LogP contribution in [0.1, 0.15) is 24.0 Å². The number of likely N-dealkylation sites (tertiary alicyclic amines) is 1. The molecule has 1 aromatic rings. The van der Waals surface area contributed by atoms with Gasteiger partial charge >= 0.3 is 11.8 Å². The number of aliphatic hydroxyl groups is 1. The molecule has 1 aliphatic rings. The minimum atomic E-state index is -0.611. The van der Waals surface area contributed by atoms with Crippen LogP contribution in [-0.4, -0.2) is 41.5 Å². The lowest BCUT2D eigenvalue weighted by molar-refractivity contribution is -0.144. The van der Waals surface area contributed by atoms with Gasteiger partial charge in [-0.15, -0.1) is 0 Å². The molecular weight excluding hydrogens is 268 g/mol. The molecule has 5 heteroatoms. The zero-order chi connectivity index (χ0) is 15.4. The lowest BCUT2D eigenvalue weighted by atomic mass is 9.99. The van der Waals surface area contributed by atoms with Crippen LogP contribution in [0, 0.1) is 19.8 Å². The first-order valence-corrected chi connectivity index (χ1v) is 7.29. The van der Waals surface area contributed by atoms with Crippen LogP contribution in [0.25, 0.3) is 0 Å². The van der Waals surface area contributed by atoms with E-state index in [0.29, 0.717) is 18.8 Å². The lowest BCUT2D eigenvalue weighted by Gasteiger charge is -2.31. The van der Waals surface area contributed by atoms with Crippen LogP contribution < -0.4 is 5.32 Å². The standard InChI is InChI=1S/C16H22N2O3/c1-11-5-6-14(12(2)8-11)17-15(20)16(21)18-7-3-4-13(9-18)10-19/h5-6,8,13,19H,3-4,7,9-10H2,1-2H3,(H,17,20). The number of hydrogen-bond donors (Lipinski definition) is 2. The van der Waals surface area contributed by atoms with Gasteiger partial charge in [0.1, 0.15) is 0 Å². The second-order valence-electron chi connectivity index (χ2n) is 5.71. The van der Waals surface area contributed by atoms with Crippen molar-refractivity contribution >= 4 is 17.5 Å². The van der Waals surface area contributed by atoms with Gasteiger partial charge in [-0.3, -0.25) is 9.59 Å². The van der Waals surface area contributed by atoms with Crippen LogP contribution in [0.2, 0.25) is 0 Å². The largest absolute Gasteiger partial charge is 0.396 e. The fraction of sp³-hybridized carbons (Fsp3) is 0.500. The summed E-state index contributed by atoms with van der Waals surface area (Å²) in [7, 11) is 0. The molecular formula is C16H22N2O3. The van der Waals surface area contributed by atoms with Gasteiger partial charge in [-0.05, 0) is 44.2 Å². The molecule has 2 rings (SSSR count). The predicted octanol–water partition coefficient (Wildman–Crippen LogP) is 1.47. The minimum absolute atomic E-state index is 0.0580. The highest BCUT2D eigenvalue weighted by Crippen LogP contribution is 2.18. The van der Waals surface area contributed by atoms with Crippen molar-refractivity contribution in [2.24, 2.45) is 5.92 Å². The summed E-state index contributed by atoms with van der Waals surface area (Å²) in [6.07, 6.45) is 1.73. The molecule has 5 nitrogen and oxygen atoms in total. The Balaban J connectivity index is 2.00. The van der Waals surface area contributed by atoms with Gasteiger partial charge < -0.3 is 15.3 Å². The molecule has 0 radical (unpaired) electrons. The van der Waals surface area contributed by atoms with Crippen molar-refractivity contribution in [3.05, 3.63) is 29.3 Å². The second-order valence-corrected chi connectivity index (χ2v) is 5.71. The molecule has 0 aromatic heterocycles. The summed E-state index contributed by atoms with van der Waals surface area (Å²) in [5, 5.41) is 11.9. The zero-order valence-electron chi connectivity index (χ0n) is 12.6. The third kappa shape index (κ3) is 3.82. The number of amides is 2. The molecule has 0 spiro atoms. The van der Waals surface area contributed by atoms with E-state index in [1.807, 2.05) is 32.0 Å². The van der Waals surface area contributed by atoms with E-state index in [1.54, 1.807) is 0 Å². The highest BCUT2D eigenvalue weighted by atomic mass is 16.3. The lowest BCUT2D eigenvalue weighted by Crippen LogP contribution is -2.45. The maximum Gasteiger partial charge on any atom is 0.313 e. The number of nitrogens with zero attached hydrogens (tertiary/aromatic N) is 1. The minimum Gasteiger partial charge on any atom is -0.396 e. The van der Waals surface area contributed by atoms with Crippen LogP contribution in [-0.2, 0) is 9.59 Å². The van der Waals surface area contributed by atoms with Crippen molar-refractivity contribution in [2.45, 2.75) is 26.7 Å². The average molecular weight is 290 g/mol. The smallest absolute Gasteiger partial charge is 0.313 e. The summed E-state index contributed by atoms with van der Waals surface area (Å²) in [6, 6.07) is 5.67. The monoisotopic (exact) mass is 290 g/mol. The quantitative estimate of drug-likeness (QED) is 0.810. The first kappa shape index (κ1) is 15.5. The predicted molar refractivity (Wildman–Crippen MR) is 80.9 cm³/mol. The van der Waals surface area contributed by atoms with Gasteiger partial charge in [-0.25, -0.2) is 0 Å². The number of benzene rings is 1. The SMILES string of the molecule is Cc1ccc(NC(=O)C(=O)N2CCCC(CO)C2)c(C)c1. The Bertz CT molecular complexity index is 542. The van der Waals surface area contributed by atoms with Gasteiger partial charge in [-0.1, -0.05) is 17.7 Å². The summed E-state index contributed by atoms with van der Waals surface area (Å²) in [4.78, 5) is 25.8. The van der Waals surface area contributed by atoms with Crippen LogP contribution in [0.4, 0.5) is 5.69 Å². The van der Waals surface area contributed by atoms with E-state index in [2.05, 4.69) is 5.32 Å². The summed E-state index contributed by atoms with van der Waals surface area (Å²) in [5.41, 5.74) is 2.70. The fourth-order valence-corrected chi connectivity index (χ4v) is 2.67. The molecule has 0 saturated carbocycles. The van der Waals surface area contributed by atoms with Gasteiger partial charge in [0.2, 0.25) is 0 Å².